The topological polar surface area (TPSA) is 105 Å². The van der Waals surface area contributed by atoms with Gasteiger partial charge < -0.3 is 20.3 Å². The summed E-state index contributed by atoms with van der Waals surface area (Å²) in [6.07, 6.45) is 9.67. The third-order valence-corrected chi connectivity index (χ3v) is 7.04. The number of aromatic carboxylic acids is 1. The first-order valence-corrected chi connectivity index (χ1v) is 14.3. The van der Waals surface area contributed by atoms with Gasteiger partial charge in [-0.3, -0.25) is 0 Å². The maximum absolute atomic E-state index is 12.1. The van der Waals surface area contributed by atoms with Crippen LogP contribution in [0.3, 0.4) is 0 Å². The van der Waals surface area contributed by atoms with Crippen LogP contribution in [-0.2, 0) is 0 Å². The van der Waals surface area contributed by atoms with Gasteiger partial charge in [0.25, 0.3) is 0 Å². The highest BCUT2D eigenvalue weighted by atomic mass is 79.9. The monoisotopic (exact) mass is 617 g/mol. The molecule has 0 unspecified atom stereocenters. The van der Waals surface area contributed by atoms with Gasteiger partial charge in [0.1, 0.15) is 16.0 Å². The highest BCUT2D eigenvalue weighted by Gasteiger charge is 2.39. The van der Waals surface area contributed by atoms with Crippen LogP contribution in [0.5, 0.6) is 5.75 Å². The molecule has 1 aromatic carbocycles. The molecule has 1 aromatic heterocycles. The van der Waals surface area contributed by atoms with Gasteiger partial charge in [0.2, 0.25) is 0 Å². The number of alkyl halides is 3. The van der Waals surface area contributed by atoms with Crippen LogP contribution in [0.4, 0.5) is 13.2 Å². The molecule has 3 N–H and O–H groups in total. The number of nitrogens with one attached hydrogen (secondary N) is 1. The Labute approximate surface area is 236 Å². The van der Waals surface area contributed by atoms with Gasteiger partial charge >= 0.3 is 12.3 Å². The minimum Gasteiger partial charge on any atom is -0.476 e. The van der Waals surface area contributed by atoms with Crippen molar-refractivity contribution in [1.29, 1.82) is 0 Å². The van der Waals surface area contributed by atoms with E-state index in [-0.39, 0.29) is 21.7 Å². The number of ether oxygens (including phenoxy) is 1. The maximum Gasteiger partial charge on any atom is 0.573 e. The molecule has 218 valence electrons. The average molecular weight is 619 g/mol. The van der Waals surface area contributed by atoms with Gasteiger partial charge in [0.15, 0.2) is 5.69 Å². The van der Waals surface area contributed by atoms with E-state index in [0.29, 0.717) is 11.5 Å². The van der Waals surface area contributed by atoms with Crippen molar-refractivity contribution in [1.82, 2.24) is 15.3 Å². The zero-order valence-corrected chi connectivity index (χ0v) is 24.2. The first-order valence-electron chi connectivity index (χ1n) is 13.5. The smallest absolute Gasteiger partial charge is 0.476 e. The van der Waals surface area contributed by atoms with Gasteiger partial charge in [0.05, 0.1) is 11.8 Å². The molecule has 1 fully saturated rings. The summed E-state index contributed by atoms with van der Waals surface area (Å²) < 4.78 is 40.2. The molecule has 1 heterocycles. The number of halogens is 4. The molecular weight excluding hydrogens is 579 g/mol. The molecule has 0 amide bonds. The summed E-state index contributed by atoms with van der Waals surface area (Å²) in [6.45, 7) is 6.08. The number of nitrogens with zero attached hydrogens (tertiary/aromatic N) is 2. The number of hydrogen-bond donors (Lipinski definition) is 3. The van der Waals surface area contributed by atoms with E-state index in [0.717, 1.165) is 31.4 Å². The largest absolute Gasteiger partial charge is 0.573 e. The predicted octanol–water partition coefficient (Wildman–Crippen LogP) is 7.38. The summed E-state index contributed by atoms with van der Waals surface area (Å²) in [5, 5.41) is 22.4. The fourth-order valence-electron chi connectivity index (χ4n) is 4.05. The lowest BCUT2D eigenvalue weighted by Crippen LogP contribution is -2.40. The van der Waals surface area contributed by atoms with E-state index < -0.39 is 17.9 Å². The Bertz CT molecular complexity index is 1020. The van der Waals surface area contributed by atoms with Crippen LogP contribution in [0.25, 0.3) is 11.3 Å². The highest BCUT2D eigenvalue weighted by Crippen LogP contribution is 2.39. The third kappa shape index (κ3) is 13.1. The molecule has 1 atom stereocenters. The molecular formula is C28H39BrF3N3O4. The van der Waals surface area contributed by atoms with Gasteiger partial charge in [-0.25, -0.2) is 14.8 Å². The van der Waals surface area contributed by atoms with Gasteiger partial charge in [-0.1, -0.05) is 51.9 Å². The number of aliphatic hydroxyl groups is 1. The summed E-state index contributed by atoms with van der Waals surface area (Å²) in [6, 6.07) is 4.84. The molecule has 11 heteroatoms. The first-order chi connectivity index (χ1) is 18.4. The van der Waals surface area contributed by atoms with Crippen LogP contribution in [-0.4, -0.2) is 51.2 Å². The minimum atomic E-state index is -4.77. The lowest BCUT2D eigenvalue weighted by Gasteiger charge is -2.23. The van der Waals surface area contributed by atoms with Crippen molar-refractivity contribution in [2.45, 2.75) is 90.0 Å². The Balaban J connectivity index is 0.000000277. The number of benzene rings is 1. The normalized spacial score (nSPS) is 14.7. The highest BCUT2D eigenvalue weighted by molar-refractivity contribution is 9.10. The number of carboxylic acid groups (broad SMARTS) is 1. The lowest BCUT2D eigenvalue weighted by atomic mass is 10.0. The number of hydrogen-bond acceptors (Lipinski definition) is 6. The van der Waals surface area contributed by atoms with E-state index in [1.165, 1.54) is 76.3 Å². The second-order valence-corrected chi connectivity index (χ2v) is 10.8. The molecule has 0 spiro atoms. The van der Waals surface area contributed by atoms with Crippen molar-refractivity contribution >= 4 is 21.9 Å². The van der Waals surface area contributed by atoms with E-state index in [2.05, 4.69) is 42.9 Å². The number of aromatic nitrogens is 2. The van der Waals surface area contributed by atoms with Crippen LogP contribution >= 0.6 is 15.9 Å². The average Bonchev–Trinajstić information content (AvgIpc) is 3.72. The van der Waals surface area contributed by atoms with E-state index >= 15 is 0 Å². The van der Waals surface area contributed by atoms with Crippen molar-refractivity contribution in [3.8, 4) is 17.0 Å². The zero-order chi connectivity index (χ0) is 28.9. The molecule has 1 saturated carbocycles. The molecule has 0 bridgehead atoms. The Morgan fingerprint density at radius 2 is 1.67 bits per heavy atom. The standard InChI is InChI=1S/C16H33NO.C12H6BrF3N2O3/c1-3-4-5-6-7-8-9-10-13-17-14-16(2,18)15-11-12-15;13-10-9(18-8(5-17-10)11(19)20)6-1-3-7(4-2-6)21-12(14,15)16/h15,17-18H,3-14H2,1-2H3;1-5H,(H,19,20)/t16-;/m0./s1. The fraction of sp³-hybridized carbons (Fsp3) is 0.607. The molecule has 0 radical (unpaired) electrons. The Morgan fingerprint density at radius 3 is 2.21 bits per heavy atom. The summed E-state index contributed by atoms with van der Waals surface area (Å²) >= 11 is 3.11. The van der Waals surface area contributed by atoms with E-state index in [1.54, 1.807) is 0 Å². The molecule has 0 aliphatic heterocycles. The van der Waals surface area contributed by atoms with Crippen LogP contribution in [0.1, 0.15) is 88.5 Å². The first kappa shape index (κ1) is 33.0. The zero-order valence-electron chi connectivity index (χ0n) is 22.6. The summed E-state index contributed by atoms with van der Waals surface area (Å²) in [7, 11) is 0. The molecule has 7 nitrogen and oxygen atoms in total. The van der Waals surface area contributed by atoms with Gasteiger partial charge in [-0.2, -0.15) is 0 Å². The Morgan fingerprint density at radius 1 is 1.08 bits per heavy atom. The number of rotatable bonds is 15. The van der Waals surface area contributed by atoms with Gasteiger partial charge in [-0.05, 0) is 78.8 Å². The van der Waals surface area contributed by atoms with Crippen molar-refractivity contribution in [3.05, 3.63) is 40.8 Å². The van der Waals surface area contributed by atoms with Crippen molar-refractivity contribution in [2.24, 2.45) is 5.92 Å². The SMILES string of the molecule is CCCCCCCCCCNC[C@](C)(O)C1CC1.O=C(O)c1cnc(Br)c(-c2ccc(OC(F)(F)F)cc2)n1. The molecule has 2 aromatic rings. The van der Waals surface area contributed by atoms with Gasteiger partial charge in [0, 0.05) is 12.1 Å². The molecule has 39 heavy (non-hydrogen) atoms. The van der Waals surface area contributed by atoms with Crippen LogP contribution in [0.15, 0.2) is 35.1 Å². The van der Waals surface area contributed by atoms with Crippen LogP contribution < -0.4 is 10.1 Å². The summed E-state index contributed by atoms with van der Waals surface area (Å²) in [5.41, 5.74) is -0.135. The number of carboxylic acids is 1. The van der Waals surface area contributed by atoms with Crippen molar-refractivity contribution in [3.63, 3.8) is 0 Å². The third-order valence-electron chi connectivity index (χ3n) is 6.46. The second kappa shape index (κ2) is 16.1. The van der Waals surface area contributed by atoms with Crippen LogP contribution in [0.2, 0.25) is 0 Å². The molecule has 1 aliphatic rings. The van der Waals surface area contributed by atoms with Crippen LogP contribution in [0, 0.1) is 5.92 Å². The molecule has 1 aliphatic carbocycles. The number of unbranched alkanes of at least 4 members (excludes halogenated alkanes) is 7. The predicted molar refractivity (Wildman–Crippen MR) is 148 cm³/mol. The summed E-state index contributed by atoms with van der Waals surface area (Å²) in [5.74, 6) is -1.08. The van der Waals surface area contributed by atoms with E-state index in [9.17, 15) is 23.1 Å². The lowest BCUT2D eigenvalue weighted by molar-refractivity contribution is -0.274. The second-order valence-electron chi connectivity index (χ2n) is 10.1. The minimum absolute atomic E-state index is 0.202. The maximum atomic E-state index is 12.1. The Hall–Kier alpha value is -2.24. The quantitative estimate of drug-likeness (QED) is 0.179. The fourth-order valence-corrected chi connectivity index (χ4v) is 4.47. The number of carbonyl (C=O) groups is 1. The van der Waals surface area contributed by atoms with Gasteiger partial charge in [-0.15, -0.1) is 13.2 Å². The molecule has 3 rings (SSSR count). The summed E-state index contributed by atoms with van der Waals surface area (Å²) in [4.78, 5) is 18.5. The van der Waals surface area contributed by atoms with Crippen molar-refractivity contribution < 1.29 is 32.9 Å². The van der Waals surface area contributed by atoms with E-state index in [4.69, 9.17) is 5.11 Å². The molecule has 0 saturated heterocycles. The van der Waals surface area contributed by atoms with E-state index in [1.807, 2.05) is 6.92 Å². The van der Waals surface area contributed by atoms with Crippen molar-refractivity contribution in [2.75, 3.05) is 13.1 Å². The Kier molecular flexibility index (Phi) is 13.6.